The van der Waals surface area contributed by atoms with Crippen molar-refractivity contribution < 1.29 is 9.47 Å². The summed E-state index contributed by atoms with van der Waals surface area (Å²) in [7, 11) is 0. The first kappa shape index (κ1) is 7.07. The molecule has 60 valence electrons. The average Bonchev–Trinajstić information content (AvgIpc) is 2.58. The topological polar surface area (TPSA) is 18.5 Å². The number of hydrogen-bond donors (Lipinski definition) is 0. The molecule has 11 heavy (non-hydrogen) atoms. The van der Waals surface area contributed by atoms with Crippen molar-refractivity contribution in [3.63, 3.8) is 0 Å². The van der Waals surface area contributed by atoms with Crippen LogP contribution in [0.3, 0.4) is 0 Å². The van der Waals surface area contributed by atoms with Gasteiger partial charge in [-0.3, -0.25) is 0 Å². The van der Waals surface area contributed by atoms with Gasteiger partial charge in [-0.05, 0) is 0 Å². The maximum absolute atomic E-state index is 5.53. The van der Waals surface area contributed by atoms with E-state index in [4.69, 9.17) is 9.47 Å². The molecular weight excluding hydrogens is 140 g/mol. The molecule has 0 aromatic heterocycles. The Hall–Kier alpha value is -0.600. The van der Waals surface area contributed by atoms with Gasteiger partial charge in [0.25, 0.3) is 0 Å². The molecule has 1 heterocycles. The second-order valence-electron chi connectivity index (χ2n) is 2.83. The maximum atomic E-state index is 5.53. The Bertz CT molecular complexity index is 166. The van der Waals surface area contributed by atoms with Crippen LogP contribution in [0.4, 0.5) is 0 Å². The van der Waals surface area contributed by atoms with Crippen molar-refractivity contribution in [2.45, 2.75) is 6.10 Å². The molecule has 2 nitrogen and oxygen atoms in total. The van der Waals surface area contributed by atoms with Crippen LogP contribution in [0, 0.1) is 5.92 Å². The third-order valence-corrected chi connectivity index (χ3v) is 2.05. The van der Waals surface area contributed by atoms with Gasteiger partial charge in [0.15, 0.2) is 0 Å². The zero-order chi connectivity index (χ0) is 7.52. The molecule has 1 saturated heterocycles. The third-order valence-electron chi connectivity index (χ3n) is 2.05. The lowest BCUT2D eigenvalue weighted by Crippen LogP contribution is -2.33. The monoisotopic (exact) mass is 152 g/mol. The SMILES string of the molecule is C1=CC(C2COCCO2)C=C1. The van der Waals surface area contributed by atoms with Gasteiger partial charge in [0.2, 0.25) is 0 Å². The van der Waals surface area contributed by atoms with Crippen molar-refractivity contribution in [2.75, 3.05) is 19.8 Å². The predicted octanol–water partition coefficient (Wildman–Crippen LogP) is 1.14. The van der Waals surface area contributed by atoms with E-state index in [1.165, 1.54) is 0 Å². The van der Waals surface area contributed by atoms with Gasteiger partial charge in [-0.25, -0.2) is 0 Å². The van der Waals surface area contributed by atoms with Crippen LogP contribution in [0.1, 0.15) is 0 Å². The molecule has 0 aromatic carbocycles. The van der Waals surface area contributed by atoms with Crippen molar-refractivity contribution in [1.29, 1.82) is 0 Å². The van der Waals surface area contributed by atoms with Crippen LogP contribution in [0.15, 0.2) is 24.3 Å². The van der Waals surface area contributed by atoms with E-state index in [0.29, 0.717) is 5.92 Å². The van der Waals surface area contributed by atoms with Gasteiger partial charge in [-0.2, -0.15) is 0 Å². The van der Waals surface area contributed by atoms with E-state index in [9.17, 15) is 0 Å². The van der Waals surface area contributed by atoms with Crippen LogP contribution in [0.5, 0.6) is 0 Å². The van der Waals surface area contributed by atoms with E-state index < -0.39 is 0 Å². The number of ether oxygens (including phenoxy) is 2. The fraction of sp³-hybridized carbons (Fsp3) is 0.556. The second kappa shape index (κ2) is 3.20. The van der Waals surface area contributed by atoms with Gasteiger partial charge in [0, 0.05) is 5.92 Å². The Balaban J connectivity index is 1.92. The molecule has 1 unspecified atom stereocenters. The summed E-state index contributed by atoms with van der Waals surface area (Å²) in [5, 5.41) is 0. The molecule has 1 fully saturated rings. The van der Waals surface area contributed by atoms with Crippen molar-refractivity contribution >= 4 is 0 Å². The predicted molar refractivity (Wildman–Crippen MR) is 42.3 cm³/mol. The summed E-state index contributed by atoms with van der Waals surface area (Å²) in [5.41, 5.74) is 0. The van der Waals surface area contributed by atoms with Gasteiger partial charge in [-0.15, -0.1) is 0 Å². The smallest absolute Gasteiger partial charge is 0.0906 e. The van der Waals surface area contributed by atoms with Crippen molar-refractivity contribution in [3.8, 4) is 0 Å². The van der Waals surface area contributed by atoms with E-state index in [0.717, 1.165) is 19.8 Å². The zero-order valence-electron chi connectivity index (χ0n) is 6.40. The van der Waals surface area contributed by atoms with Crippen LogP contribution in [-0.4, -0.2) is 25.9 Å². The Kier molecular flexibility index (Phi) is 2.06. The van der Waals surface area contributed by atoms with Crippen LogP contribution < -0.4 is 0 Å². The van der Waals surface area contributed by atoms with Gasteiger partial charge in [-0.1, -0.05) is 24.3 Å². The van der Waals surface area contributed by atoms with E-state index >= 15 is 0 Å². The quantitative estimate of drug-likeness (QED) is 0.561. The molecule has 1 aliphatic carbocycles. The minimum Gasteiger partial charge on any atom is -0.376 e. The van der Waals surface area contributed by atoms with Gasteiger partial charge >= 0.3 is 0 Å². The fourth-order valence-electron chi connectivity index (χ4n) is 1.43. The van der Waals surface area contributed by atoms with Crippen molar-refractivity contribution in [2.24, 2.45) is 5.92 Å². The lowest BCUT2D eigenvalue weighted by Gasteiger charge is -2.25. The molecule has 0 radical (unpaired) electrons. The van der Waals surface area contributed by atoms with E-state index in [1.807, 2.05) is 0 Å². The Morgan fingerprint density at radius 2 is 1.91 bits per heavy atom. The van der Waals surface area contributed by atoms with Crippen LogP contribution >= 0.6 is 0 Å². The molecule has 1 aliphatic heterocycles. The fourth-order valence-corrected chi connectivity index (χ4v) is 1.43. The molecule has 0 N–H and O–H groups in total. The van der Waals surface area contributed by atoms with Gasteiger partial charge in [0.05, 0.1) is 25.9 Å². The summed E-state index contributed by atoms with van der Waals surface area (Å²) in [6, 6.07) is 0. The summed E-state index contributed by atoms with van der Waals surface area (Å²) in [6.07, 6.45) is 8.67. The van der Waals surface area contributed by atoms with E-state index in [-0.39, 0.29) is 6.10 Å². The summed E-state index contributed by atoms with van der Waals surface area (Å²) in [4.78, 5) is 0. The number of allylic oxidation sites excluding steroid dienone is 2. The van der Waals surface area contributed by atoms with E-state index in [1.54, 1.807) is 0 Å². The number of rotatable bonds is 1. The Morgan fingerprint density at radius 1 is 1.09 bits per heavy atom. The maximum Gasteiger partial charge on any atom is 0.0906 e. The summed E-state index contributed by atoms with van der Waals surface area (Å²) < 4.78 is 10.8. The molecule has 0 amide bonds. The minimum absolute atomic E-state index is 0.249. The minimum atomic E-state index is 0.249. The first-order chi connectivity index (χ1) is 5.47. The number of hydrogen-bond acceptors (Lipinski definition) is 2. The molecule has 0 saturated carbocycles. The lowest BCUT2D eigenvalue weighted by molar-refractivity contribution is -0.0969. The molecule has 0 bridgehead atoms. The highest BCUT2D eigenvalue weighted by Crippen LogP contribution is 2.18. The molecule has 2 rings (SSSR count). The molecule has 2 heteroatoms. The van der Waals surface area contributed by atoms with Gasteiger partial charge < -0.3 is 9.47 Å². The highest BCUT2D eigenvalue weighted by atomic mass is 16.6. The largest absolute Gasteiger partial charge is 0.376 e. The molecule has 1 atom stereocenters. The molecule has 0 aromatic rings. The summed E-state index contributed by atoms with van der Waals surface area (Å²) in [6.45, 7) is 2.22. The van der Waals surface area contributed by atoms with Gasteiger partial charge in [0.1, 0.15) is 0 Å². The molecular formula is C9H12O2. The van der Waals surface area contributed by atoms with Crippen LogP contribution in [0.2, 0.25) is 0 Å². The second-order valence-corrected chi connectivity index (χ2v) is 2.83. The van der Waals surface area contributed by atoms with Crippen molar-refractivity contribution in [1.82, 2.24) is 0 Å². The Labute approximate surface area is 66.5 Å². The Morgan fingerprint density at radius 3 is 2.55 bits per heavy atom. The highest BCUT2D eigenvalue weighted by molar-refractivity contribution is 5.19. The van der Waals surface area contributed by atoms with E-state index in [2.05, 4.69) is 24.3 Å². The molecule has 0 spiro atoms. The lowest BCUT2D eigenvalue weighted by atomic mass is 10.1. The highest BCUT2D eigenvalue weighted by Gasteiger charge is 2.21. The normalized spacial score (nSPS) is 31.5. The zero-order valence-corrected chi connectivity index (χ0v) is 6.40. The van der Waals surface area contributed by atoms with Crippen molar-refractivity contribution in [3.05, 3.63) is 24.3 Å². The average molecular weight is 152 g/mol. The first-order valence-corrected chi connectivity index (χ1v) is 4.01. The van der Waals surface area contributed by atoms with Crippen LogP contribution in [0.25, 0.3) is 0 Å². The van der Waals surface area contributed by atoms with Crippen LogP contribution in [-0.2, 0) is 9.47 Å². The summed E-state index contributed by atoms with van der Waals surface area (Å²) >= 11 is 0. The molecule has 2 aliphatic rings. The first-order valence-electron chi connectivity index (χ1n) is 4.01. The standard InChI is InChI=1S/C9H12O2/c1-2-4-8(3-1)9-7-10-5-6-11-9/h1-4,8-9H,5-7H2. The third kappa shape index (κ3) is 1.52. The summed E-state index contributed by atoms with van der Waals surface area (Å²) in [5.74, 6) is 0.440.